The summed E-state index contributed by atoms with van der Waals surface area (Å²) >= 11 is 0. The number of hydrogen-bond donors (Lipinski definition) is 1. The molecular formula is C16H27NO. The lowest BCUT2D eigenvalue weighted by Gasteiger charge is -2.16. The summed E-state index contributed by atoms with van der Waals surface area (Å²) in [5, 5.41) is 0. The van der Waals surface area contributed by atoms with E-state index in [2.05, 4.69) is 39.8 Å². The van der Waals surface area contributed by atoms with Crippen LogP contribution in [0.15, 0.2) is 12.1 Å². The quantitative estimate of drug-likeness (QED) is 0.801. The highest BCUT2D eigenvalue weighted by Gasteiger charge is 2.10. The van der Waals surface area contributed by atoms with E-state index < -0.39 is 0 Å². The lowest BCUT2D eigenvalue weighted by Crippen LogP contribution is -2.21. The van der Waals surface area contributed by atoms with Crippen LogP contribution < -0.4 is 10.5 Å². The molecule has 2 N–H and O–H groups in total. The molecule has 0 radical (unpaired) electrons. The van der Waals surface area contributed by atoms with E-state index in [9.17, 15) is 0 Å². The topological polar surface area (TPSA) is 35.2 Å². The Balaban J connectivity index is 2.95. The van der Waals surface area contributed by atoms with Crippen LogP contribution >= 0.6 is 0 Å². The van der Waals surface area contributed by atoms with E-state index in [1.165, 1.54) is 16.7 Å². The molecule has 1 atom stereocenters. The van der Waals surface area contributed by atoms with E-state index in [4.69, 9.17) is 10.5 Å². The minimum Gasteiger partial charge on any atom is -0.493 e. The van der Waals surface area contributed by atoms with Gasteiger partial charge < -0.3 is 10.5 Å². The molecule has 0 amide bonds. The largest absolute Gasteiger partial charge is 0.493 e. The summed E-state index contributed by atoms with van der Waals surface area (Å²) in [5.74, 6) is 1.08. The molecule has 0 aliphatic heterocycles. The fraction of sp³-hybridized carbons (Fsp3) is 0.625. The van der Waals surface area contributed by atoms with E-state index >= 15 is 0 Å². The zero-order valence-electron chi connectivity index (χ0n) is 12.3. The Hall–Kier alpha value is -1.02. The van der Waals surface area contributed by atoms with Gasteiger partial charge in [-0.05, 0) is 49.3 Å². The van der Waals surface area contributed by atoms with E-state index in [0.29, 0.717) is 0 Å². The molecule has 0 spiro atoms. The minimum absolute atomic E-state index is 0.261. The van der Waals surface area contributed by atoms with Crippen LogP contribution in [0.5, 0.6) is 5.75 Å². The zero-order chi connectivity index (χ0) is 13.5. The number of ether oxygens (including phenoxy) is 1. The lowest BCUT2D eigenvalue weighted by atomic mass is 9.98. The Morgan fingerprint density at radius 1 is 1.22 bits per heavy atom. The van der Waals surface area contributed by atoms with Crippen molar-refractivity contribution < 1.29 is 4.74 Å². The molecule has 0 aliphatic rings. The highest BCUT2D eigenvalue weighted by molar-refractivity contribution is 5.44. The van der Waals surface area contributed by atoms with Gasteiger partial charge in [-0.1, -0.05) is 32.9 Å². The molecule has 1 aromatic rings. The monoisotopic (exact) mass is 249 g/mol. The van der Waals surface area contributed by atoms with Crippen molar-refractivity contribution in [1.82, 2.24) is 0 Å². The fourth-order valence-corrected chi connectivity index (χ4v) is 2.17. The number of nitrogens with two attached hydrogens (primary N) is 1. The van der Waals surface area contributed by atoms with Crippen molar-refractivity contribution in [1.29, 1.82) is 0 Å². The normalized spacial score (nSPS) is 12.5. The average molecular weight is 249 g/mol. The summed E-state index contributed by atoms with van der Waals surface area (Å²) in [6.45, 7) is 9.37. The number of aryl methyl sites for hydroxylation is 2. The molecule has 18 heavy (non-hydrogen) atoms. The van der Waals surface area contributed by atoms with Gasteiger partial charge in [-0.2, -0.15) is 0 Å². The number of hydrogen-bond acceptors (Lipinski definition) is 2. The van der Waals surface area contributed by atoms with Crippen molar-refractivity contribution in [2.24, 2.45) is 5.73 Å². The molecule has 0 fully saturated rings. The van der Waals surface area contributed by atoms with Crippen LogP contribution in [-0.2, 0) is 12.8 Å². The Morgan fingerprint density at radius 2 is 1.94 bits per heavy atom. The first-order valence-electron chi connectivity index (χ1n) is 7.13. The molecule has 1 aromatic carbocycles. The van der Waals surface area contributed by atoms with E-state index in [1.54, 1.807) is 0 Å². The fourth-order valence-electron chi connectivity index (χ4n) is 2.17. The summed E-state index contributed by atoms with van der Waals surface area (Å²) in [6, 6.07) is 4.74. The van der Waals surface area contributed by atoms with Crippen LogP contribution in [0.2, 0.25) is 0 Å². The van der Waals surface area contributed by atoms with Gasteiger partial charge in [0.1, 0.15) is 5.75 Å². The Labute approximate surface area is 112 Å². The van der Waals surface area contributed by atoms with Crippen LogP contribution in [-0.4, -0.2) is 12.6 Å². The predicted octanol–water partition coefficient (Wildman–Crippen LogP) is 3.63. The van der Waals surface area contributed by atoms with Crippen molar-refractivity contribution in [2.45, 2.75) is 59.4 Å². The van der Waals surface area contributed by atoms with E-state index in [-0.39, 0.29) is 6.04 Å². The van der Waals surface area contributed by atoms with Crippen molar-refractivity contribution >= 4 is 0 Å². The van der Waals surface area contributed by atoms with Crippen LogP contribution in [0, 0.1) is 6.92 Å². The minimum atomic E-state index is 0.261. The second-order valence-corrected chi connectivity index (χ2v) is 4.98. The molecule has 1 unspecified atom stereocenters. The van der Waals surface area contributed by atoms with Gasteiger partial charge in [0.15, 0.2) is 0 Å². The third kappa shape index (κ3) is 4.02. The summed E-state index contributed by atoms with van der Waals surface area (Å²) in [6.07, 6.45) is 4.03. The van der Waals surface area contributed by atoms with Gasteiger partial charge in [0.05, 0.1) is 6.61 Å². The van der Waals surface area contributed by atoms with Gasteiger partial charge in [0.25, 0.3) is 0 Å². The van der Waals surface area contributed by atoms with Crippen molar-refractivity contribution in [3.63, 3.8) is 0 Å². The Morgan fingerprint density at radius 3 is 2.50 bits per heavy atom. The molecule has 1 rings (SSSR count). The highest BCUT2D eigenvalue weighted by atomic mass is 16.5. The van der Waals surface area contributed by atoms with Gasteiger partial charge in [-0.3, -0.25) is 0 Å². The molecule has 102 valence electrons. The summed E-state index contributed by atoms with van der Waals surface area (Å²) in [7, 11) is 0. The highest BCUT2D eigenvalue weighted by Crippen LogP contribution is 2.27. The first-order valence-corrected chi connectivity index (χ1v) is 7.13. The molecule has 2 heteroatoms. The Bertz CT molecular complexity index is 374. The molecule has 0 heterocycles. The molecule has 0 aliphatic carbocycles. The first kappa shape index (κ1) is 15.0. The smallest absolute Gasteiger partial charge is 0.125 e. The van der Waals surface area contributed by atoms with Gasteiger partial charge in [0.2, 0.25) is 0 Å². The van der Waals surface area contributed by atoms with Crippen molar-refractivity contribution in [3.8, 4) is 5.75 Å². The van der Waals surface area contributed by atoms with Crippen molar-refractivity contribution in [2.75, 3.05) is 6.61 Å². The van der Waals surface area contributed by atoms with Crippen LogP contribution in [0.1, 0.15) is 50.3 Å². The SMILES string of the molecule is CCCOc1c(C)cc(CC(N)CC)cc1CC. The van der Waals surface area contributed by atoms with Gasteiger partial charge in [-0.15, -0.1) is 0 Å². The summed E-state index contributed by atoms with van der Waals surface area (Å²) in [5.41, 5.74) is 9.91. The van der Waals surface area contributed by atoms with E-state index in [1.807, 2.05) is 0 Å². The number of rotatable bonds is 7. The lowest BCUT2D eigenvalue weighted by molar-refractivity contribution is 0.312. The van der Waals surface area contributed by atoms with Crippen LogP contribution in [0.3, 0.4) is 0 Å². The van der Waals surface area contributed by atoms with E-state index in [0.717, 1.165) is 38.0 Å². The standard InChI is InChI=1S/C16H27NO/c1-5-8-18-16-12(4)9-13(10-14(16)6-2)11-15(17)7-3/h9-10,15H,5-8,11,17H2,1-4H3. The van der Waals surface area contributed by atoms with Crippen molar-refractivity contribution in [3.05, 3.63) is 28.8 Å². The maximum atomic E-state index is 6.03. The maximum Gasteiger partial charge on any atom is 0.125 e. The first-order chi connectivity index (χ1) is 8.62. The van der Waals surface area contributed by atoms with Gasteiger partial charge in [-0.25, -0.2) is 0 Å². The maximum absolute atomic E-state index is 6.03. The van der Waals surface area contributed by atoms with Crippen LogP contribution in [0.4, 0.5) is 0 Å². The summed E-state index contributed by atoms with van der Waals surface area (Å²) < 4.78 is 5.86. The van der Waals surface area contributed by atoms with Crippen LogP contribution in [0.25, 0.3) is 0 Å². The third-order valence-corrected chi connectivity index (χ3v) is 3.27. The molecule has 0 aromatic heterocycles. The zero-order valence-corrected chi connectivity index (χ0v) is 12.3. The predicted molar refractivity (Wildman–Crippen MR) is 78.3 cm³/mol. The second kappa shape index (κ2) is 7.42. The number of benzene rings is 1. The molecule has 0 saturated heterocycles. The average Bonchev–Trinajstić information content (AvgIpc) is 2.36. The molecular weight excluding hydrogens is 222 g/mol. The second-order valence-electron chi connectivity index (χ2n) is 4.98. The molecule has 0 bridgehead atoms. The molecule has 2 nitrogen and oxygen atoms in total. The van der Waals surface area contributed by atoms with Gasteiger partial charge >= 0.3 is 0 Å². The third-order valence-electron chi connectivity index (χ3n) is 3.27. The molecule has 0 saturated carbocycles. The Kier molecular flexibility index (Phi) is 6.20. The summed E-state index contributed by atoms with van der Waals surface area (Å²) in [4.78, 5) is 0. The van der Waals surface area contributed by atoms with Gasteiger partial charge in [0, 0.05) is 6.04 Å².